The van der Waals surface area contributed by atoms with Crippen LogP contribution in [0.15, 0.2) is 39.7 Å². The minimum Gasteiger partial charge on any atom is -0.372 e. The van der Waals surface area contributed by atoms with E-state index in [4.69, 9.17) is 0 Å². The molecule has 0 bridgehead atoms. The van der Waals surface area contributed by atoms with Gasteiger partial charge in [-0.25, -0.2) is 8.42 Å². The summed E-state index contributed by atoms with van der Waals surface area (Å²) in [6.45, 7) is 8.39. The predicted octanol–water partition coefficient (Wildman–Crippen LogP) is 4.70. The van der Waals surface area contributed by atoms with E-state index in [9.17, 15) is 13.2 Å². The summed E-state index contributed by atoms with van der Waals surface area (Å²) in [7, 11) is -3.89. The Morgan fingerprint density at radius 2 is 1.90 bits per heavy atom. The zero-order valence-corrected chi connectivity index (χ0v) is 20.5. The van der Waals surface area contributed by atoms with E-state index in [1.165, 1.54) is 0 Å². The zero-order chi connectivity index (χ0) is 22.3. The van der Waals surface area contributed by atoms with Gasteiger partial charge in [0.1, 0.15) is 4.90 Å². The van der Waals surface area contributed by atoms with Crippen molar-refractivity contribution in [2.75, 3.05) is 34.2 Å². The number of carbonyl (C=O) groups excluding carboxylic acids is 1. The predicted molar refractivity (Wildman–Crippen MR) is 128 cm³/mol. The smallest absolute Gasteiger partial charge is 0.264 e. The summed E-state index contributed by atoms with van der Waals surface area (Å²) >= 11 is 3.45. The molecule has 2 aliphatic rings. The quantitative estimate of drug-likeness (QED) is 0.591. The van der Waals surface area contributed by atoms with Gasteiger partial charge in [-0.3, -0.25) is 9.52 Å². The number of benzene rings is 2. The Labute approximate surface area is 192 Å². The van der Waals surface area contributed by atoms with Crippen molar-refractivity contribution in [3.8, 4) is 0 Å². The van der Waals surface area contributed by atoms with E-state index in [1.54, 1.807) is 11.0 Å². The second-order valence-electron chi connectivity index (χ2n) is 8.20. The maximum atomic E-state index is 13.5. The number of hydrogen-bond acceptors (Lipinski definition) is 4. The van der Waals surface area contributed by atoms with Crippen LogP contribution in [0.1, 0.15) is 37.8 Å². The van der Waals surface area contributed by atoms with Crippen LogP contribution in [0, 0.1) is 12.8 Å². The average molecular weight is 506 g/mol. The molecule has 1 saturated carbocycles. The summed E-state index contributed by atoms with van der Waals surface area (Å²) < 4.78 is 30.4. The highest BCUT2D eigenvalue weighted by atomic mass is 79.9. The molecule has 2 aromatic carbocycles. The minimum absolute atomic E-state index is 0.0352. The number of halogens is 1. The number of hydrogen-bond donors (Lipinski definition) is 1. The molecule has 1 aliphatic carbocycles. The van der Waals surface area contributed by atoms with E-state index in [0.717, 1.165) is 42.7 Å². The normalized spacial score (nSPS) is 15.7. The lowest BCUT2D eigenvalue weighted by Crippen LogP contribution is -2.31. The molecule has 1 fully saturated rings. The van der Waals surface area contributed by atoms with E-state index in [-0.39, 0.29) is 16.7 Å². The summed E-state index contributed by atoms with van der Waals surface area (Å²) in [4.78, 5) is 16.8. The zero-order valence-electron chi connectivity index (χ0n) is 18.1. The number of nitrogens with one attached hydrogen (secondary N) is 1. The number of aryl methyl sites for hydroxylation is 1. The van der Waals surface area contributed by atoms with E-state index < -0.39 is 10.0 Å². The molecule has 0 atom stereocenters. The van der Waals surface area contributed by atoms with Crippen molar-refractivity contribution in [3.05, 3.63) is 45.9 Å². The molecule has 1 N–H and O–H groups in total. The van der Waals surface area contributed by atoms with Gasteiger partial charge < -0.3 is 9.80 Å². The number of sulfonamides is 1. The van der Waals surface area contributed by atoms with Gasteiger partial charge in [-0.05, 0) is 81.5 Å². The highest BCUT2D eigenvalue weighted by Gasteiger charge is 2.39. The second-order valence-corrected chi connectivity index (χ2v) is 10.8. The molecule has 0 spiro atoms. The third-order valence-electron chi connectivity index (χ3n) is 6.06. The van der Waals surface area contributed by atoms with Crippen molar-refractivity contribution in [2.24, 2.45) is 5.92 Å². The molecule has 8 heteroatoms. The Kier molecular flexibility index (Phi) is 6.05. The standard InChI is InChI=1S/C23H28BrN3O3S/c1-4-26(5-2)19-8-9-20(15(3)12-19)25-31(29,30)21-14-18(24)13-17-10-11-27(22(17)21)23(28)16-6-7-16/h8-9,12-14,16,25H,4-7,10-11H2,1-3H3. The van der Waals surface area contributed by atoms with Crippen LogP contribution in [-0.2, 0) is 21.2 Å². The molecule has 31 heavy (non-hydrogen) atoms. The molecule has 0 unspecified atom stereocenters. The van der Waals surface area contributed by atoms with E-state index in [0.29, 0.717) is 28.8 Å². The molecular formula is C23H28BrN3O3S. The van der Waals surface area contributed by atoms with Gasteiger partial charge in [-0.15, -0.1) is 0 Å². The fourth-order valence-corrected chi connectivity index (χ4v) is 6.26. The lowest BCUT2D eigenvalue weighted by Gasteiger charge is -2.23. The SMILES string of the molecule is CCN(CC)c1ccc(NS(=O)(=O)c2cc(Br)cc3c2N(C(=O)C2CC2)CC3)c(C)c1. The second kappa shape index (κ2) is 8.47. The molecule has 1 aliphatic heterocycles. The van der Waals surface area contributed by atoms with Crippen LogP contribution in [-0.4, -0.2) is 34.0 Å². The first-order valence-corrected chi connectivity index (χ1v) is 13.0. The Hall–Kier alpha value is -2.06. The molecule has 0 radical (unpaired) electrons. The monoisotopic (exact) mass is 505 g/mol. The Bertz CT molecular complexity index is 1130. The van der Waals surface area contributed by atoms with Gasteiger partial charge in [-0.1, -0.05) is 15.9 Å². The number of anilines is 3. The number of nitrogens with zero attached hydrogens (tertiary/aromatic N) is 2. The van der Waals surface area contributed by atoms with Crippen LogP contribution in [0.2, 0.25) is 0 Å². The highest BCUT2D eigenvalue weighted by Crippen LogP contribution is 2.41. The van der Waals surface area contributed by atoms with E-state index in [1.807, 2.05) is 31.2 Å². The molecule has 0 saturated heterocycles. The third-order valence-corrected chi connectivity index (χ3v) is 7.90. The van der Waals surface area contributed by atoms with Gasteiger partial charge in [0.25, 0.3) is 10.0 Å². The summed E-state index contributed by atoms with van der Waals surface area (Å²) in [5.41, 5.74) is 3.88. The average Bonchev–Trinajstić information content (AvgIpc) is 3.49. The van der Waals surface area contributed by atoms with Crippen molar-refractivity contribution < 1.29 is 13.2 Å². The van der Waals surface area contributed by atoms with Gasteiger partial charge in [0.05, 0.1) is 11.4 Å². The van der Waals surface area contributed by atoms with Gasteiger partial charge >= 0.3 is 0 Å². The number of amides is 1. The van der Waals surface area contributed by atoms with Crippen LogP contribution >= 0.6 is 15.9 Å². The van der Waals surface area contributed by atoms with Crippen LogP contribution in [0.25, 0.3) is 0 Å². The van der Waals surface area contributed by atoms with E-state index in [2.05, 4.69) is 39.4 Å². The van der Waals surface area contributed by atoms with Crippen molar-refractivity contribution in [3.63, 3.8) is 0 Å². The van der Waals surface area contributed by atoms with Crippen molar-refractivity contribution in [1.82, 2.24) is 0 Å². The molecule has 2 aromatic rings. The van der Waals surface area contributed by atoms with Crippen LogP contribution in [0.5, 0.6) is 0 Å². The van der Waals surface area contributed by atoms with Gasteiger partial charge in [0, 0.05) is 35.7 Å². The van der Waals surface area contributed by atoms with Gasteiger partial charge in [0.2, 0.25) is 5.91 Å². The lowest BCUT2D eigenvalue weighted by molar-refractivity contribution is -0.119. The van der Waals surface area contributed by atoms with E-state index >= 15 is 0 Å². The number of fused-ring (bicyclic) bond motifs is 1. The topological polar surface area (TPSA) is 69.7 Å². The van der Waals surface area contributed by atoms with Crippen molar-refractivity contribution >= 4 is 48.9 Å². The van der Waals surface area contributed by atoms with Crippen molar-refractivity contribution in [1.29, 1.82) is 0 Å². The highest BCUT2D eigenvalue weighted by molar-refractivity contribution is 9.10. The Balaban J connectivity index is 1.69. The molecule has 1 amide bonds. The largest absolute Gasteiger partial charge is 0.372 e. The Morgan fingerprint density at radius 3 is 2.52 bits per heavy atom. The molecule has 0 aromatic heterocycles. The van der Waals surface area contributed by atoms with Crippen LogP contribution < -0.4 is 14.5 Å². The van der Waals surface area contributed by atoms with Crippen LogP contribution in [0.4, 0.5) is 17.1 Å². The van der Waals surface area contributed by atoms with Gasteiger partial charge in [-0.2, -0.15) is 0 Å². The molecule has 166 valence electrons. The summed E-state index contributed by atoms with van der Waals surface area (Å²) in [5.74, 6) is 0.0743. The Morgan fingerprint density at radius 1 is 1.19 bits per heavy atom. The fourth-order valence-electron chi connectivity index (χ4n) is 4.19. The summed E-state index contributed by atoms with van der Waals surface area (Å²) in [6, 6.07) is 9.26. The first-order valence-electron chi connectivity index (χ1n) is 10.8. The molecular weight excluding hydrogens is 478 g/mol. The van der Waals surface area contributed by atoms with Gasteiger partial charge in [0.15, 0.2) is 0 Å². The molecule has 4 rings (SSSR count). The first-order chi connectivity index (χ1) is 14.7. The summed E-state index contributed by atoms with van der Waals surface area (Å²) in [6.07, 6.45) is 2.44. The number of carbonyl (C=O) groups is 1. The maximum Gasteiger partial charge on any atom is 0.264 e. The maximum absolute atomic E-state index is 13.5. The summed E-state index contributed by atoms with van der Waals surface area (Å²) in [5, 5.41) is 0. The lowest BCUT2D eigenvalue weighted by atomic mass is 10.1. The van der Waals surface area contributed by atoms with Crippen LogP contribution in [0.3, 0.4) is 0 Å². The first kappa shape index (κ1) is 22.1. The molecule has 1 heterocycles. The molecule has 6 nitrogen and oxygen atoms in total. The fraction of sp³-hybridized carbons (Fsp3) is 0.435. The van der Waals surface area contributed by atoms with Crippen molar-refractivity contribution in [2.45, 2.75) is 44.9 Å². The minimum atomic E-state index is -3.89. The number of rotatable bonds is 7. The third kappa shape index (κ3) is 4.32.